The average Bonchev–Trinajstić information content (AvgIpc) is 2.93. The van der Waals surface area contributed by atoms with Crippen LogP contribution < -0.4 is 10.2 Å². The fourth-order valence-corrected chi connectivity index (χ4v) is 2.63. The lowest BCUT2D eigenvalue weighted by molar-refractivity contribution is 0.675. The monoisotopic (exact) mass is 242 g/mol. The Bertz CT molecular complexity index is 561. The molecule has 2 aromatic rings. The molecular formula is C14H18N4. The normalized spacial score (nSPS) is 19.3. The first-order valence-electron chi connectivity index (χ1n) is 6.43. The third-order valence-corrected chi connectivity index (χ3v) is 3.77. The van der Waals surface area contributed by atoms with Crippen molar-refractivity contribution < 1.29 is 0 Å². The summed E-state index contributed by atoms with van der Waals surface area (Å²) in [6.07, 6.45) is 1.17. The number of fused-ring (bicyclic) bond motifs is 1. The Labute approximate surface area is 107 Å². The molecule has 1 saturated heterocycles. The number of hydrogen-bond acceptors (Lipinski definition) is 4. The Hall–Kier alpha value is -1.68. The van der Waals surface area contributed by atoms with Gasteiger partial charge in [0, 0.05) is 30.4 Å². The van der Waals surface area contributed by atoms with Gasteiger partial charge in [0.2, 0.25) is 0 Å². The maximum atomic E-state index is 4.40. The Balaban J connectivity index is 2.08. The fraction of sp³-hybridized carbons (Fsp3) is 0.429. The van der Waals surface area contributed by atoms with Crippen molar-refractivity contribution in [1.82, 2.24) is 15.5 Å². The summed E-state index contributed by atoms with van der Waals surface area (Å²) < 4.78 is 0. The molecule has 1 fully saturated rings. The molecule has 3 rings (SSSR count). The largest absolute Gasteiger partial charge is 0.353 e. The lowest BCUT2D eigenvalue weighted by Crippen LogP contribution is -2.34. The van der Waals surface area contributed by atoms with E-state index in [0.717, 1.165) is 24.6 Å². The minimum atomic E-state index is 0.519. The fourth-order valence-electron chi connectivity index (χ4n) is 2.63. The summed E-state index contributed by atoms with van der Waals surface area (Å²) in [6.45, 7) is 4.13. The van der Waals surface area contributed by atoms with Gasteiger partial charge in [-0.05, 0) is 19.9 Å². The first kappa shape index (κ1) is 11.4. The molecule has 0 spiro atoms. The van der Waals surface area contributed by atoms with Crippen LogP contribution in [0.15, 0.2) is 24.3 Å². The van der Waals surface area contributed by atoms with Crippen LogP contribution in [-0.2, 0) is 0 Å². The van der Waals surface area contributed by atoms with Crippen LogP contribution in [-0.4, -0.2) is 36.4 Å². The SMILES string of the molecule is Cc1nnc(N(C)C2CCNC2)c2ccccc12. The van der Waals surface area contributed by atoms with Gasteiger partial charge in [0.25, 0.3) is 0 Å². The van der Waals surface area contributed by atoms with Gasteiger partial charge in [-0.15, -0.1) is 5.10 Å². The molecule has 2 heterocycles. The zero-order chi connectivity index (χ0) is 12.5. The number of anilines is 1. The van der Waals surface area contributed by atoms with Crippen molar-refractivity contribution in [3.8, 4) is 0 Å². The molecule has 0 bridgehead atoms. The predicted molar refractivity (Wildman–Crippen MR) is 74.0 cm³/mol. The minimum Gasteiger partial charge on any atom is -0.353 e. The van der Waals surface area contributed by atoms with Gasteiger partial charge in [0.15, 0.2) is 5.82 Å². The molecule has 18 heavy (non-hydrogen) atoms. The number of aromatic nitrogens is 2. The van der Waals surface area contributed by atoms with E-state index < -0.39 is 0 Å². The van der Waals surface area contributed by atoms with E-state index in [1.54, 1.807) is 0 Å². The zero-order valence-electron chi connectivity index (χ0n) is 10.8. The van der Waals surface area contributed by atoms with Crippen LogP contribution in [0.3, 0.4) is 0 Å². The van der Waals surface area contributed by atoms with Crippen LogP contribution in [0.25, 0.3) is 10.8 Å². The summed E-state index contributed by atoms with van der Waals surface area (Å²) in [5, 5.41) is 14.5. The lowest BCUT2D eigenvalue weighted by Gasteiger charge is -2.25. The standard InChI is InChI=1S/C14H18N4/c1-10-12-5-3-4-6-13(12)14(17-16-10)18(2)11-7-8-15-9-11/h3-6,11,15H,7-9H2,1-2H3. The second kappa shape index (κ2) is 4.53. The summed E-state index contributed by atoms with van der Waals surface area (Å²) >= 11 is 0. The maximum absolute atomic E-state index is 4.40. The number of rotatable bonds is 2. The molecule has 0 amide bonds. The van der Waals surface area contributed by atoms with Gasteiger partial charge in [-0.1, -0.05) is 24.3 Å². The Morgan fingerprint density at radius 2 is 2.00 bits per heavy atom. The van der Waals surface area contributed by atoms with Crippen LogP contribution in [0.2, 0.25) is 0 Å². The number of hydrogen-bond donors (Lipinski definition) is 1. The average molecular weight is 242 g/mol. The molecule has 1 aliphatic heterocycles. The molecule has 1 atom stereocenters. The highest BCUT2D eigenvalue weighted by Crippen LogP contribution is 2.26. The number of nitrogens with zero attached hydrogens (tertiary/aromatic N) is 3. The Morgan fingerprint density at radius 1 is 1.22 bits per heavy atom. The smallest absolute Gasteiger partial charge is 0.159 e. The van der Waals surface area contributed by atoms with Crippen molar-refractivity contribution in [1.29, 1.82) is 0 Å². The molecule has 94 valence electrons. The predicted octanol–water partition coefficient (Wildman–Crippen LogP) is 1.74. The van der Waals surface area contributed by atoms with E-state index in [9.17, 15) is 0 Å². The molecule has 1 aromatic heterocycles. The third-order valence-electron chi connectivity index (χ3n) is 3.77. The Kier molecular flexibility index (Phi) is 2.88. The van der Waals surface area contributed by atoms with Crippen LogP contribution in [0.1, 0.15) is 12.1 Å². The lowest BCUT2D eigenvalue weighted by atomic mass is 10.1. The number of aryl methyl sites for hydroxylation is 1. The second-order valence-electron chi connectivity index (χ2n) is 4.91. The van der Waals surface area contributed by atoms with Gasteiger partial charge in [0.05, 0.1) is 5.69 Å². The summed E-state index contributed by atoms with van der Waals surface area (Å²) in [5.41, 5.74) is 0.993. The van der Waals surface area contributed by atoms with Gasteiger partial charge in [-0.3, -0.25) is 0 Å². The molecule has 0 aliphatic carbocycles. The van der Waals surface area contributed by atoms with E-state index in [-0.39, 0.29) is 0 Å². The van der Waals surface area contributed by atoms with Crippen molar-refractivity contribution in [3.63, 3.8) is 0 Å². The second-order valence-corrected chi connectivity index (χ2v) is 4.91. The molecule has 1 N–H and O–H groups in total. The van der Waals surface area contributed by atoms with E-state index in [1.165, 1.54) is 17.2 Å². The Morgan fingerprint density at radius 3 is 2.72 bits per heavy atom. The quantitative estimate of drug-likeness (QED) is 0.871. The summed E-state index contributed by atoms with van der Waals surface area (Å²) in [4.78, 5) is 2.26. The minimum absolute atomic E-state index is 0.519. The maximum Gasteiger partial charge on any atom is 0.159 e. The van der Waals surface area contributed by atoms with Gasteiger partial charge in [0.1, 0.15) is 0 Å². The number of benzene rings is 1. The van der Waals surface area contributed by atoms with Crippen molar-refractivity contribution in [2.45, 2.75) is 19.4 Å². The van der Waals surface area contributed by atoms with Gasteiger partial charge < -0.3 is 10.2 Å². The van der Waals surface area contributed by atoms with Crippen molar-refractivity contribution in [3.05, 3.63) is 30.0 Å². The molecule has 4 nitrogen and oxygen atoms in total. The molecule has 1 aliphatic rings. The highest BCUT2D eigenvalue weighted by Gasteiger charge is 2.22. The first-order chi connectivity index (χ1) is 8.77. The van der Waals surface area contributed by atoms with Crippen LogP contribution in [0, 0.1) is 6.92 Å². The van der Waals surface area contributed by atoms with E-state index in [1.807, 2.05) is 6.92 Å². The van der Waals surface area contributed by atoms with Gasteiger partial charge >= 0.3 is 0 Å². The van der Waals surface area contributed by atoms with E-state index >= 15 is 0 Å². The van der Waals surface area contributed by atoms with Crippen LogP contribution in [0.5, 0.6) is 0 Å². The summed E-state index contributed by atoms with van der Waals surface area (Å²) in [6, 6.07) is 8.88. The van der Waals surface area contributed by atoms with Crippen molar-refractivity contribution in [2.24, 2.45) is 0 Å². The highest BCUT2D eigenvalue weighted by molar-refractivity contribution is 5.93. The topological polar surface area (TPSA) is 41.1 Å². The van der Waals surface area contributed by atoms with Gasteiger partial charge in [-0.25, -0.2) is 0 Å². The summed E-state index contributed by atoms with van der Waals surface area (Å²) in [5.74, 6) is 0.991. The zero-order valence-corrected chi connectivity index (χ0v) is 10.8. The van der Waals surface area contributed by atoms with Crippen molar-refractivity contribution >= 4 is 16.6 Å². The molecule has 4 heteroatoms. The van der Waals surface area contributed by atoms with Crippen molar-refractivity contribution in [2.75, 3.05) is 25.0 Å². The van der Waals surface area contributed by atoms with E-state index in [4.69, 9.17) is 0 Å². The number of nitrogens with one attached hydrogen (secondary N) is 1. The molecule has 0 saturated carbocycles. The van der Waals surface area contributed by atoms with Crippen LogP contribution in [0.4, 0.5) is 5.82 Å². The van der Waals surface area contributed by atoms with E-state index in [0.29, 0.717) is 6.04 Å². The summed E-state index contributed by atoms with van der Waals surface area (Å²) in [7, 11) is 2.11. The van der Waals surface area contributed by atoms with Gasteiger partial charge in [-0.2, -0.15) is 5.10 Å². The third kappa shape index (κ3) is 1.82. The molecule has 1 unspecified atom stereocenters. The molecule has 0 radical (unpaired) electrons. The van der Waals surface area contributed by atoms with Crippen LogP contribution >= 0.6 is 0 Å². The molecule has 1 aromatic carbocycles. The van der Waals surface area contributed by atoms with E-state index in [2.05, 4.69) is 51.7 Å². The molecular weight excluding hydrogens is 224 g/mol. The number of likely N-dealkylation sites (N-methyl/N-ethyl adjacent to an activating group) is 1. The highest BCUT2D eigenvalue weighted by atomic mass is 15.3. The first-order valence-corrected chi connectivity index (χ1v) is 6.43.